The summed E-state index contributed by atoms with van der Waals surface area (Å²) in [6, 6.07) is 8.88. The van der Waals surface area contributed by atoms with Gasteiger partial charge in [0, 0.05) is 30.1 Å². The molecule has 2 rings (SSSR count). The number of para-hydroxylation sites is 1. The summed E-state index contributed by atoms with van der Waals surface area (Å²) in [5, 5.41) is 0.780. The molecule has 1 atom stereocenters. The highest BCUT2D eigenvalue weighted by Gasteiger charge is 2.18. The molecule has 0 spiro atoms. The van der Waals surface area contributed by atoms with E-state index in [-0.39, 0.29) is 17.5 Å². The molecule has 100 valence electrons. The highest BCUT2D eigenvalue weighted by molar-refractivity contribution is 6.05. The van der Waals surface area contributed by atoms with Crippen LogP contribution in [0.4, 0.5) is 0 Å². The monoisotopic (exact) mass is 258 g/mol. The first-order valence-corrected chi connectivity index (χ1v) is 6.43. The smallest absolute Gasteiger partial charge is 0.254 e. The number of pyridine rings is 1. The Morgan fingerprint density at radius 2 is 2.05 bits per heavy atom. The van der Waals surface area contributed by atoms with Crippen molar-refractivity contribution in [3.05, 3.63) is 46.2 Å². The SMILES string of the molecule is CCC(C)N(C)C(=O)c1cc(=O)[nH]c2ccccc12. The Kier molecular flexibility index (Phi) is 3.69. The van der Waals surface area contributed by atoms with E-state index in [1.807, 2.05) is 32.0 Å². The van der Waals surface area contributed by atoms with E-state index >= 15 is 0 Å². The van der Waals surface area contributed by atoms with Gasteiger partial charge in [-0.15, -0.1) is 0 Å². The lowest BCUT2D eigenvalue weighted by atomic mass is 10.1. The molecule has 0 aliphatic carbocycles. The van der Waals surface area contributed by atoms with Gasteiger partial charge in [-0.2, -0.15) is 0 Å². The number of hydrogen-bond acceptors (Lipinski definition) is 2. The Morgan fingerprint density at radius 3 is 2.74 bits per heavy atom. The van der Waals surface area contributed by atoms with E-state index in [1.54, 1.807) is 18.0 Å². The fourth-order valence-electron chi connectivity index (χ4n) is 2.05. The zero-order valence-electron chi connectivity index (χ0n) is 11.4. The van der Waals surface area contributed by atoms with Crippen LogP contribution in [0.15, 0.2) is 35.1 Å². The van der Waals surface area contributed by atoms with Crippen molar-refractivity contribution in [2.24, 2.45) is 0 Å². The molecular formula is C15H18N2O2. The quantitative estimate of drug-likeness (QED) is 0.919. The van der Waals surface area contributed by atoms with E-state index in [0.29, 0.717) is 11.1 Å². The Hall–Kier alpha value is -2.10. The van der Waals surface area contributed by atoms with E-state index in [4.69, 9.17) is 0 Å². The minimum atomic E-state index is -0.250. The highest BCUT2D eigenvalue weighted by atomic mass is 16.2. The third-order valence-electron chi connectivity index (χ3n) is 3.55. The molecule has 1 N–H and O–H groups in total. The minimum Gasteiger partial charge on any atom is -0.339 e. The molecule has 2 aromatic rings. The maximum absolute atomic E-state index is 12.5. The molecule has 1 unspecified atom stereocenters. The summed E-state index contributed by atoms with van der Waals surface area (Å²) < 4.78 is 0. The molecule has 4 heteroatoms. The first-order chi connectivity index (χ1) is 9.04. The van der Waals surface area contributed by atoms with Crippen molar-refractivity contribution in [3.63, 3.8) is 0 Å². The molecule has 0 saturated carbocycles. The molecule has 0 radical (unpaired) electrons. The van der Waals surface area contributed by atoms with Crippen molar-refractivity contribution in [1.29, 1.82) is 0 Å². The van der Waals surface area contributed by atoms with Crippen LogP contribution in [-0.4, -0.2) is 28.9 Å². The lowest BCUT2D eigenvalue weighted by molar-refractivity contribution is 0.0742. The van der Waals surface area contributed by atoms with Crippen molar-refractivity contribution in [2.45, 2.75) is 26.3 Å². The number of carbonyl (C=O) groups is 1. The third-order valence-corrected chi connectivity index (χ3v) is 3.55. The van der Waals surface area contributed by atoms with E-state index in [0.717, 1.165) is 11.8 Å². The maximum Gasteiger partial charge on any atom is 0.254 e. The van der Waals surface area contributed by atoms with Gasteiger partial charge in [-0.3, -0.25) is 9.59 Å². The summed E-state index contributed by atoms with van der Waals surface area (Å²) in [5.74, 6) is -0.114. The number of nitrogens with zero attached hydrogens (tertiary/aromatic N) is 1. The molecular weight excluding hydrogens is 240 g/mol. The van der Waals surface area contributed by atoms with Crippen molar-refractivity contribution in [1.82, 2.24) is 9.88 Å². The van der Waals surface area contributed by atoms with Crippen molar-refractivity contribution < 1.29 is 4.79 Å². The van der Waals surface area contributed by atoms with Gasteiger partial charge in [-0.25, -0.2) is 0 Å². The van der Waals surface area contributed by atoms with Crippen LogP contribution < -0.4 is 5.56 Å². The summed E-state index contributed by atoms with van der Waals surface area (Å²) in [5.41, 5.74) is 0.901. The Balaban J connectivity index is 2.56. The second-order valence-electron chi connectivity index (χ2n) is 4.77. The lowest BCUT2D eigenvalue weighted by Crippen LogP contribution is -2.35. The van der Waals surface area contributed by atoms with Crippen LogP contribution in [0.3, 0.4) is 0 Å². The summed E-state index contributed by atoms with van der Waals surface area (Å²) in [6.45, 7) is 4.03. The summed E-state index contributed by atoms with van der Waals surface area (Å²) in [4.78, 5) is 28.6. The average molecular weight is 258 g/mol. The fourth-order valence-corrected chi connectivity index (χ4v) is 2.05. The number of hydrogen-bond donors (Lipinski definition) is 1. The van der Waals surface area contributed by atoms with Gasteiger partial charge in [0.2, 0.25) is 5.56 Å². The first kappa shape index (κ1) is 13.3. The molecule has 1 amide bonds. The third kappa shape index (κ3) is 2.52. The molecule has 0 aliphatic heterocycles. The maximum atomic E-state index is 12.5. The topological polar surface area (TPSA) is 53.2 Å². The molecule has 1 aromatic heterocycles. The van der Waals surface area contributed by atoms with Crippen LogP contribution in [-0.2, 0) is 0 Å². The number of nitrogens with one attached hydrogen (secondary N) is 1. The molecule has 1 aromatic carbocycles. The Labute approximate surface area is 112 Å². The standard InChI is InChI=1S/C15H18N2O2/c1-4-10(2)17(3)15(19)12-9-14(18)16-13-8-6-5-7-11(12)13/h5-10H,4H2,1-3H3,(H,16,18). The number of fused-ring (bicyclic) bond motifs is 1. The summed E-state index contributed by atoms with van der Waals surface area (Å²) in [7, 11) is 1.77. The molecule has 0 fully saturated rings. The van der Waals surface area contributed by atoms with Gasteiger partial charge in [-0.05, 0) is 19.4 Å². The normalized spacial score (nSPS) is 12.4. The van der Waals surface area contributed by atoms with Gasteiger partial charge in [0.05, 0.1) is 5.56 Å². The predicted octanol–water partition coefficient (Wildman–Crippen LogP) is 2.40. The van der Waals surface area contributed by atoms with Crippen LogP contribution in [0, 0.1) is 0 Å². The van der Waals surface area contributed by atoms with Gasteiger partial charge >= 0.3 is 0 Å². The second-order valence-corrected chi connectivity index (χ2v) is 4.77. The van der Waals surface area contributed by atoms with Gasteiger partial charge in [0.15, 0.2) is 0 Å². The minimum absolute atomic E-state index is 0.114. The summed E-state index contributed by atoms with van der Waals surface area (Å²) in [6.07, 6.45) is 0.878. The molecule has 0 saturated heterocycles. The Bertz CT molecular complexity index is 660. The van der Waals surface area contributed by atoms with Crippen molar-refractivity contribution in [2.75, 3.05) is 7.05 Å². The molecule has 0 bridgehead atoms. The van der Waals surface area contributed by atoms with E-state index in [1.165, 1.54) is 6.07 Å². The second kappa shape index (κ2) is 5.26. The zero-order valence-corrected chi connectivity index (χ0v) is 11.4. The zero-order chi connectivity index (χ0) is 14.0. The van der Waals surface area contributed by atoms with Gasteiger partial charge in [0.1, 0.15) is 0 Å². The van der Waals surface area contributed by atoms with Gasteiger partial charge < -0.3 is 9.88 Å². The van der Waals surface area contributed by atoms with Gasteiger partial charge in [-0.1, -0.05) is 25.1 Å². The molecule has 4 nitrogen and oxygen atoms in total. The van der Waals surface area contributed by atoms with Crippen LogP contribution in [0.25, 0.3) is 10.9 Å². The molecule has 0 aliphatic rings. The lowest BCUT2D eigenvalue weighted by Gasteiger charge is -2.24. The van der Waals surface area contributed by atoms with Gasteiger partial charge in [0.25, 0.3) is 5.91 Å². The molecule has 19 heavy (non-hydrogen) atoms. The van der Waals surface area contributed by atoms with E-state index < -0.39 is 0 Å². The average Bonchev–Trinajstić information content (AvgIpc) is 2.43. The number of carbonyl (C=O) groups excluding carboxylic acids is 1. The van der Waals surface area contributed by atoms with Crippen molar-refractivity contribution in [3.8, 4) is 0 Å². The van der Waals surface area contributed by atoms with Crippen LogP contribution in [0.5, 0.6) is 0 Å². The predicted molar refractivity (Wildman–Crippen MR) is 76.4 cm³/mol. The van der Waals surface area contributed by atoms with Crippen LogP contribution in [0.1, 0.15) is 30.6 Å². The first-order valence-electron chi connectivity index (χ1n) is 6.43. The number of aromatic nitrogens is 1. The van der Waals surface area contributed by atoms with Crippen LogP contribution in [0.2, 0.25) is 0 Å². The van der Waals surface area contributed by atoms with Crippen molar-refractivity contribution >= 4 is 16.8 Å². The number of H-pyrrole nitrogens is 1. The van der Waals surface area contributed by atoms with E-state index in [2.05, 4.69) is 4.98 Å². The number of rotatable bonds is 3. The fraction of sp³-hybridized carbons (Fsp3) is 0.333. The van der Waals surface area contributed by atoms with E-state index in [9.17, 15) is 9.59 Å². The van der Waals surface area contributed by atoms with Crippen LogP contribution >= 0.6 is 0 Å². The summed E-state index contributed by atoms with van der Waals surface area (Å²) >= 11 is 0. The number of benzene rings is 1. The largest absolute Gasteiger partial charge is 0.339 e. The number of aromatic amines is 1. The highest BCUT2D eigenvalue weighted by Crippen LogP contribution is 2.17. The molecule has 1 heterocycles. The number of amides is 1. The Morgan fingerprint density at radius 1 is 1.37 bits per heavy atom.